The van der Waals surface area contributed by atoms with Crippen molar-refractivity contribution in [2.45, 2.75) is 13.8 Å². The van der Waals surface area contributed by atoms with Crippen molar-refractivity contribution < 1.29 is 4.74 Å². The van der Waals surface area contributed by atoms with Crippen molar-refractivity contribution in [3.05, 3.63) is 48.2 Å². The number of hydrogen-bond donors (Lipinski definition) is 0. The molecule has 96 valence electrons. The highest BCUT2D eigenvalue weighted by Gasteiger charge is 2.06. The first-order chi connectivity index (χ1) is 9.26. The Hall–Kier alpha value is -2.36. The van der Waals surface area contributed by atoms with Gasteiger partial charge in [-0.3, -0.25) is 0 Å². The summed E-state index contributed by atoms with van der Waals surface area (Å²) in [4.78, 5) is 4.56. The minimum absolute atomic E-state index is 0.609. The Morgan fingerprint density at radius 1 is 1.11 bits per heavy atom. The number of aromatic nitrogens is 3. The van der Waals surface area contributed by atoms with E-state index in [1.807, 2.05) is 25.3 Å². The number of rotatable bonds is 3. The van der Waals surface area contributed by atoms with Gasteiger partial charge in [0.05, 0.1) is 18.5 Å². The first-order valence-electron chi connectivity index (χ1n) is 6.32. The van der Waals surface area contributed by atoms with Crippen LogP contribution in [0.4, 0.5) is 0 Å². The average Bonchev–Trinajstić information content (AvgIpc) is 2.83. The number of nitrogens with zero attached hydrogens (tertiary/aromatic N) is 3. The van der Waals surface area contributed by atoms with Gasteiger partial charge < -0.3 is 4.74 Å². The van der Waals surface area contributed by atoms with E-state index in [-0.39, 0.29) is 0 Å². The molecule has 0 saturated heterocycles. The second-order valence-electron chi connectivity index (χ2n) is 4.40. The van der Waals surface area contributed by atoms with E-state index in [0.29, 0.717) is 12.5 Å². The molecule has 0 bridgehead atoms. The lowest BCUT2D eigenvalue weighted by Crippen LogP contribution is -1.98. The molecule has 3 rings (SSSR count). The van der Waals surface area contributed by atoms with Crippen molar-refractivity contribution in [1.82, 2.24) is 14.6 Å². The van der Waals surface area contributed by atoms with Crippen LogP contribution in [0.25, 0.3) is 16.9 Å². The molecule has 4 heteroatoms. The van der Waals surface area contributed by atoms with Gasteiger partial charge in [-0.05, 0) is 19.9 Å². The molecule has 1 aromatic carbocycles. The van der Waals surface area contributed by atoms with Crippen LogP contribution in [0.5, 0.6) is 5.88 Å². The molecule has 0 fully saturated rings. The van der Waals surface area contributed by atoms with Crippen molar-refractivity contribution in [3.63, 3.8) is 0 Å². The largest absolute Gasteiger partial charge is 0.477 e. The monoisotopic (exact) mass is 253 g/mol. The predicted octanol–water partition coefficient (Wildman–Crippen LogP) is 3.10. The van der Waals surface area contributed by atoms with Gasteiger partial charge in [-0.2, -0.15) is 0 Å². The number of ether oxygens (including phenoxy) is 1. The Morgan fingerprint density at radius 2 is 1.89 bits per heavy atom. The van der Waals surface area contributed by atoms with Gasteiger partial charge in [0.25, 0.3) is 0 Å². The SMILES string of the molecule is CCOc1ccc2nc(-c3ccc(C)cc3)cn2n1. The average molecular weight is 253 g/mol. The summed E-state index contributed by atoms with van der Waals surface area (Å²) in [6.07, 6.45) is 1.92. The zero-order valence-corrected chi connectivity index (χ0v) is 11.0. The Labute approximate surface area is 111 Å². The van der Waals surface area contributed by atoms with Crippen molar-refractivity contribution in [2.24, 2.45) is 0 Å². The number of aryl methyl sites for hydroxylation is 1. The minimum Gasteiger partial charge on any atom is -0.477 e. The highest BCUT2D eigenvalue weighted by atomic mass is 16.5. The van der Waals surface area contributed by atoms with Crippen molar-refractivity contribution in [3.8, 4) is 17.1 Å². The zero-order valence-electron chi connectivity index (χ0n) is 11.0. The third kappa shape index (κ3) is 2.29. The van der Waals surface area contributed by atoms with Gasteiger partial charge in [0.2, 0.25) is 5.88 Å². The summed E-state index contributed by atoms with van der Waals surface area (Å²) in [6, 6.07) is 12.1. The number of benzene rings is 1. The summed E-state index contributed by atoms with van der Waals surface area (Å²) in [5, 5.41) is 4.36. The molecule has 0 unspecified atom stereocenters. The summed E-state index contributed by atoms with van der Waals surface area (Å²) < 4.78 is 7.14. The maximum Gasteiger partial charge on any atom is 0.231 e. The fraction of sp³-hybridized carbons (Fsp3) is 0.200. The lowest BCUT2D eigenvalue weighted by Gasteiger charge is -2.00. The predicted molar refractivity (Wildman–Crippen MR) is 74.3 cm³/mol. The molecular formula is C15H15N3O. The minimum atomic E-state index is 0.609. The van der Waals surface area contributed by atoms with Gasteiger partial charge in [0.15, 0.2) is 5.65 Å². The van der Waals surface area contributed by atoms with Gasteiger partial charge in [0.1, 0.15) is 0 Å². The van der Waals surface area contributed by atoms with E-state index in [1.54, 1.807) is 4.52 Å². The van der Waals surface area contributed by atoms with E-state index >= 15 is 0 Å². The third-order valence-electron chi connectivity index (χ3n) is 2.94. The molecule has 0 aliphatic rings. The quantitative estimate of drug-likeness (QED) is 0.720. The van der Waals surface area contributed by atoms with E-state index in [9.17, 15) is 0 Å². The van der Waals surface area contributed by atoms with Crippen LogP contribution in [-0.2, 0) is 0 Å². The first kappa shape index (κ1) is 11.7. The maximum atomic E-state index is 5.38. The molecular weight excluding hydrogens is 238 g/mol. The zero-order chi connectivity index (χ0) is 13.2. The van der Waals surface area contributed by atoms with E-state index in [2.05, 4.69) is 41.3 Å². The molecule has 0 atom stereocenters. The topological polar surface area (TPSA) is 39.4 Å². The van der Waals surface area contributed by atoms with E-state index in [1.165, 1.54) is 5.56 Å². The summed E-state index contributed by atoms with van der Waals surface area (Å²) in [5.41, 5.74) is 4.07. The molecule has 0 spiro atoms. The smallest absolute Gasteiger partial charge is 0.231 e. The van der Waals surface area contributed by atoms with E-state index < -0.39 is 0 Å². The normalized spacial score (nSPS) is 10.8. The van der Waals surface area contributed by atoms with Crippen LogP contribution in [0.1, 0.15) is 12.5 Å². The van der Waals surface area contributed by atoms with Crippen molar-refractivity contribution >= 4 is 5.65 Å². The van der Waals surface area contributed by atoms with Crippen LogP contribution in [0.15, 0.2) is 42.6 Å². The number of imidazole rings is 1. The van der Waals surface area contributed by atoms with Gasteiger partial charge in [-0.15, -0.1) is 5.10 Å². The maximum absolute atomic E-state index is 5.38. The third-order valence-corrected chi connectivity index (χ3v) is 2.94. The Morgan fingerprint density at radius 3 is 2.63 bits per heavy atom. The van der Waals surface area contributed by atoms with Gasteiger partial charge in [-0.1, -0.05) is 29.8 Å². The molecule has 0 radical (unpaired) electrons. The molecule has 2 aromatic heterocycles. The highest BCUT2D eigenvalue weighted by Crippen LogP contribution is 2.20. The van der Waals surface area contributed by atoms with Gasteiger partial charge >= 0.3 is 0 Å². The number of fused-ring (bicyclic) bond motifs is 1. The van der Waals surface area contributed by atoms with Crippen molar-refractivity contribution in [2.75, 3.05) is 6.61 Å². The van der Waals surface area contributed by atoms with Crippen LogP contribution in [0, 0.1) is 6.92 Å². The molecule has 4 nitrogen and oxygen atoms in total. The second kappa shape index (κ2) is 4.72. The first-order valence-corrected chi connectivity index (χ1v) is 6.32. The standard InChI is InChI=1S/C15H15N3O/c1-3-19-15-9-8-14-16-13(10-18(14)17-15)12-6-4-11(2)5-7-12/h4-10H,3H2,1-2H3. The molecule has 0 N–H and O–H groups in total. The Balaban J connectivity index is 2.03. The Bertz CT molecular complexity index is 701. The van der Waals surface area contributed by atoms with Gasteiger partial charge in [-0.25, -0.2) is 9.50 Å². The second-order valence-corrected chi connectivity index (χ2v) is 4.40. The summed E-state index contributed by atoms with van der Waals surface area (Å²) in [6.45, 7) is 4.62. The van der Waals surface area contributed by atoms with Crippen LogP contribution in [0.2, 0.25) is 0 Å². The molecule has 0 amide bonds. The number of hydrogen-bond acceptors (Lipinski definition) is 3. The van der Waals surface area contributed by atoms with Crippen LogP contribution >= 0.6 is 0 Å². The van der Waals surface area contributed by atoms with Crippen molar-refractivity contribution in [1.29, 1.82) is 0 Å². The van der Waals surface area contributed by atoms with E-state index in [4.69, 9.17) is 4.74 Å². The molecule has 2 heterocycles. The van der Waals surface area contributed by atoms with Crippen LogP contribution < -0.4 is 4.74 Å². The molecule has 0 aliphatic heterocycles. The fourth-order valence-corrected chi connectivity index (χ4v) is 1.95. The molecule has 3 aromatic rings. The Kier molecular flexibility index (Phi) is 2.91. The van der Waals surface area contributed by atoms with E-state index in [0.717, 1.165) is 16.9 Å². The highest BCUT2D eigenvalue weighted by molar-refractivity contribution is 5.62. The fourth-order valence-electron chi connectivity index (χ4n) is 1.95. The van der Waals surface area contributed by atoms with Crippen LogP contribution in [0.3, 0.4) is 0 Å². The summed E-state index contributed by atoms with van der Waals surface area (Å²) >= 11 is 0. The lowest BCUT2D eigenvalue weighted by molar-refractivity contribution is 0.321. The lowest BCUT2D eigenvalue weighted by atomic mass is 10.1. The molecule has 19 heavy (non-hydrogen) atoms. The van der Waals surface area contributed by atoms with Crippen LogP contribution in [-0.4, -0.2) is 21.2 Å². The summed E-state index contributed by atoms with van der Waals surface area (Å²) in [7, 11) is 0. The summed E-state index contributed by atoms with van der Waals surface area (Å²) in [5.74, 6) is 0.614. The van der Waals surface area contributed by atoms with Gasteiger partial charge in [0, 0.05) is 11.6 Å². The molecule has 0 aliphatic carbocycles. The molecule has 0 saturated carbocycles.